The lowest BCUT2D eigenvalue weighted by Crippen LogP contribution is -2.65. The molecule has 0 radical (unpaired) electrons. The fraction of sp³-hybridized carbons (Fsp3) is 1.00. The van der Waals surface area contributed by atoms with Crippen LogP contribution in [0.4, 0.5) is 0 Å². The molecular weight excluding hydrogens is 424 g/mol. The van der Waals surface area contributed by atoms with E-state index in [0.29, 0.717) is 0 Å². The normalized spacial score (nSPS) is 54.0. The summed E-state index contributed by atoms with van der Waals surface area (Å²) >= 11 is 0. The van der Waals surface area contributed by atoms with E-state index in [1.165, 1.54) is 6.92 Å². The minimum atomic E-state index is -1.76. The summed E-state index contributed by atoms with van der Waals surface area (Å²) in [6, 6.07) is 0. The molecule has 31 heavy (non-hydrogen) atoms. The van der Waals surface area contributed by atoms with Crippen molar-refractivity contribution < 1.29 is 64.5 Å². The van der Waals surface area contributed by atoms with Crippen LogP contribution in [0, 0.1) is 0 Å². The van der Waals surface area contributed by atoms with Gasteiger partial charge >= 0.3 is 0 Å². The van der Waals surface area contributed by atoms with Gasteiger partial charge in [-0.15, -0.1) is 0 Å². The lowest BCUT2D eigenvalue weighted by molar-refractivity contribution is -0.380. The molecule has 0 aliphatic carbocycles. The molecule has 0 unspecified atom stereocenters. The van der Waals surface area contributed by atoms with E-state index in [1.807, 2.05) is 0 Å². The molecule has 0 saturated carbocycles. The average Bonchev–Trinajstić information content (AvgIpc) is 2.72. The number of aliphatic hydroxyl groups excluding tert-OH is 8. The summed E-state index contributed by atoms with van der Waals surface area (Å²) in [7, 11) is 0. The van der Waals surface area contributed by atoms with Crippen molar-refractivity contribution in [2.24, 2.45) is 0 Å². The third kappa shape index (κ3) is 5.19. The predicted molar refractivity (Wildman–Crippen MR) is 97.0 cm³/mol. The maximum Gasteiger partial charge on any atom is 0.187 e. The smallest absolute Gasteiger partial charge is 0.187 e. The average molecular weight is 456 g/mol. The first-order chi connectivity index (χ1) is 14.5. The van der Waals surface area contributed by atoms with Crippen LogP contribution in [0.2, 0.25) is 0 Å². The Bertz CT molecular complexity index is 579. The van der Waals surface area contributed by atoms with E-state index < -0.39 is 92.6 Å². The highest BCUT2D eigenvalue weighted by Crippen LogP contribution is 2.32. The number of hydrogen-bond acceptors (Lipinski definition) is 13. The van der Waals surface area contributed by atoms with Gasteiger partial charge in [-0.3, -0.25) is 0 Å². The van der Waals surface area contributed by atoms with Crippen molar-refractivity contribution in [2.75, 3.05) is 6.61 Å². The first kappa shape index (κ1) is 25.1. The third-order valence-electron chi connectivity index (χ3n) is 5.90. The maximum absolute atomic E-state index is 10.6. The van der Waals surface area contributed by atoms with Crippen LogP contribution in [-0.4, -0.2) is 133 Å². The molecule has 0 aromatic rings. The van der Waals surface area contributed by atoms with Gasteiger partial charge in [-0.2, -0.15) is 0 Å². The molecule has 13 nitrogen and oxygen atoms in total. The zero-order chi connectivity index (χ0) is 23.0. The summed E-state index contributed by atoms with van der Waals surface area (Å²) in [5.41, 5.74) is 0. The highest BCUT2D eigenvalue weighted by molar-refractivity contribution is 4.94. The zero-order valence-electron chi connectivity index (χ0n) is 17.1. The second-order valence-corrected chi connectivity index (χ2v) is 8.20. The molecule has 0 spiro atoms. The van der Waals surface area contributed by atoms with Crippen LogP contribution in [0.15, 0.2) is 0 Å². The van der Waals surface area contributed by atoms with E-state index in [9.17, 15) is 40.9 Å². The third-order valence-corrected chi connectivity index (χ3v) is 5.90. The summed E-state index contributed by atoms with van der Waals surface area (Å²) in [5.74, 6) is 0. The van der Waals surface area contributed by atoms with Crippen molar-refractivity contribution >= 4 is 0 Å². The molecule has 3 aliphatic heterocycles. The molecule has 182 valence electrons. The van der Waals surface area contributed by atoms with Gasteiger partial charge in [-0.25, -0.2) is 0 Å². The second-order valence-electron chi connectivity index (χ2n) is 8.20. The van der Waals surface area contributed by atoms with Crippen molar-refractivity contribution in [1.29, 1.82) is 0 Å². The summed E-state index contributed by atoms with van der Waals surface area (Å²) in [6.45, 7) is 2.36. The Morgan fingerprint density at radius 1 is 0.677 bits per heavy atom. The standard InChI is InChI=1S/C18H32O13/c1-5-7(20)3-8(21)17(28-5)30-14-10(22)6(2)27-16(26)15(14)31-18-13(25)12(24)11(23)9(4-19)29-18/h5-26H,3-4H2,1-2H3/t5-,6-,7-,8-,9-,10-,11+,12+,13-,14+,15+,16+,17-,18+/m1/s1. The molecule has 14 atom stereocenters. The molecule has 0 aromatic heterocycles. The van der Waals surface area contributed by atoms with Crippen LogP contribution in [0.1, 0.15) is 20.3 Å². The molecule has 0 aromatic carbocycles. The van der Waals surface area contributed by atoms with Crippen molar-refractivity contribution in [1.82, 2.24) is 0 Å². The van der Waals surface area contributed by atoms with Crippen molar-refractivity contribution in [3.05, 3.63) is 0 Å². The van der Waals surface area contributed by atoms with Crippen LogP contribution in [-0.2, 0) is 23.7 Å². The summed E-state index contributed by atoms with van der Waals surface area (Å²) in [5, 5.41) is 80.4. The van der Waals surface area contributed by atoms with Gasteiger partial charge in [0, 0.05) is 6.42 Å². The molecule has 13 heteroatoms. The fourth-order valence-electron chi connectivity index (χ4n) is 3.86. The predicted octanol–water partition coefficient (Wildman–Crippen LogP) is -4.49. The number of aliphatic hydroxyl groups is 8. The van der Waals surface area contributed by atoms with Crippen LogP contribution >= 0.6 is 0 Å². The van der Waals surface area contributed by atoms with Gasteiger partial charge in [-0.05, 0) is 13.8 Å². The second kappa shape index (κ2) is 10.2. The van der Waals surface area contributed by atoms with E-state index in [2.05, 4.69) is 0 Å². The maximum atomic E-state index is 10.6. The quantitative estimate of drug-likeness (QED) is 0.196. The lowest BCUT2D eigenvalue weighted by atomic mass is 9.97. The van der Waals surface area contributed by atoms with E-state index in [4.69, 9.17) is 23.7 Å². The van der Waals surface area contributed by atoms with Crippen LogP contribution in [0.5, 0.6) is 0 Å². The molecule has 0 amide bonds. The Balaban J connectivity index is 1.77. The van der Waals surface area contributed by atoms with E-state index in [0.717, 1.165) is 0 Å². The highest BCUT2D eigenvalue weighted by Gasteiger charge is 2.51. The minimum Gasteiger partial charge on any atom is -0.394 e. The summed E-state index contributed by atoms with van der Waals surface area (Å²) < 4.78 is 27.2. The van der Waals surface area contributed by atoms with E-state index in [1.54, 1.807) is 6.92 Å². The largest absolute Gasteiger partial charge is 0.394 e. The van der Waals surface area contributed by atoms with Crippen molar-refractivity contribution in [3.8, 4) is 0 Å². The van der Waals surface area contributed by atoms with Gasteiger partial charge < -0.3 is 64.5 Å². The van der Waals surface area contributed by atoms with Gasteiger partial charge in [0.2, 0.25) is 0 Å². The van der Waals surface area contributed by atoms with E-state index in [-0.39, 0.29) is 6.42 Å². The van der Waals surface area contributed by atoms with Gasteiger partial charge in [0.1, 0.15) is 48.8 Å². The Morgan fingerprint density at radius 3 is 1.97 bits per heavy atom. The monoisotopic (exact) mass is 456 g/mol. The summed E-state index contributed by atoms with van der Waals surface area (Å²) in [4.78, 5) is 0. The molecule has 0 bridgehead atoms. The molecule has 8 N–H and O–H groups in total. The topological polar surface area (TPSA) is 208 Å². The Labute approximate surface area is 178 Å². The van der Waals surface area contributed by atoms with E-state index >= 15 is 0 Å². The molecule has 3 aliphatic rings. The first-order valence-electron chi connectivity index (χ1n) is 10.2. The van der Waals surface area contributed by atoms with Crippen LogP contribution in [0.25, 0.3) is 0 Å². The Morgan fingerprint density at radius 2 is 1.32 bits per heavy atom. The molecule has 3 saturated heterocycles. The van der Waals surface area contributed by atoms with Gasteiger partial charge in [0.15, 0.2) is 18.9 Å². The van der Waals surface area contributed by atoms with Crippen molar-refractivity contribution in [2.45, 2.75) is 106 Å². The molecular formula is C18H32O13. The molecule has 3 fully saturated rings. The summed E-state index contributed by atoms with van der Waals surface area (Å²) in [6.07, 6.45) is -18.8. The van der Waals surface area contributed by atoms with Gasteiger partial charge in [-0.1, -0.05) is 0 Å². The SMILES string of the molecule is C[C@H]1O[C@H](O)[C@@H](O[C@@H]2O[C@H](CO)[C@H](O)[C@H](O)[C@H]2O)[C@@H](O[C@H]2O[C@H](C)[C@H](O)C[C@H]2O)[C@@H]1O. The number of rotatable bonds is 5. The van der Waals surface area contributed by atoms with Crippen LogP contribution in [0.3, 0.4) is 0 Å². The number of ether oxygens (including phenoxy) is 5. The first-order valence-corrected chi connectivity index (χ1v) is 10.2. The minimum absolute atomic E-state index is 0.0402. The van der Waals surface area contributed by atoms with Gasteiger partial charge in [0.25, 0.3) is 0 Å². The van der Waals surface area contributed by atoms with Gasteiger partial charge in [0.05, 0.1) is 24.9 Å². The fourth-order valence-corrected chi connectivity index (χ4v) is 3.86. The Kier molecular flexibility index (Phi) is 8.24. The Hall–Kier alpha value is -0.520. The number of hydrogen-bond donors (Lipinski definition) is 8. The molecule has 3 rings (SSSR count). The molecule has 3 heterocycles. The zero-order valence-corrected chi connectivity index (χ0v) is 17.1. The van der Waals surface area contributed by atoms with Crippen molar-refractivity contribution in [3.63, 3.8) is 0 Å². The lowest BCUT2D eigenvalue weighted by Gasteiger charge is -2.47. The van der Waals surface area contributed by atoms with Crippen LogP contribution < -0.4 is 0 Å². The highest BCUT2D eigenvalue weighted by atomic mass is 16.8.